The number of benzene rings is 1. The van der Waals surface area contributed by atoms with Gasteiger partial charge in [-0.25, -0.2) is 0 Å². The molecule has 96 valence electrons. The minimum atomic E-state index is 0.0523. The van der Waals surface area contributed by atoms with Crippen molar-refractivity contribution in [1.82, 2.24) is 0 Å². The lowest BCUT2D eigenvalue weighted by atomic mass is 10.1. The van der Waals surface area contributed by atoms with Crippen molar-refractivity contribution in [2.24, 2.45) is 0 Å². The molecule has 0 bridgehead atoms. The summed E-state index contributed by atoms with van der Waals surface area (Å²) >= 11 is 5.10. The Balaban J connectivity index is 1.80. The first-order chi connectivity index (χ1) is 9.24. The maximum atomic E-state index is 12.1. The summed E-state index contributed by atoms with van der Waals surface area (Å²) in [6, 6.07) is 11.7. The predicted octanol–water partition coefficient (Wildman–Crippen LogP) is 5.07. The highest BCUT2D eigenvalue weighted by molar-refractivity contribution is 9.10. The van der Waals surface area contributed by atoms with E-state index in [1.54, 1.807) is 11.3 Å². The van der Waals surface area contributed by atoms with Crippen molar-refractivity contribution in [3.63, 3.8) is 0 Å². The zero-order chi connectivity index (χ0) is 13.2. The molecule has 0 atom stereocenters. The van der Waals surface area contributed by atoms with Crippen molar-refractivity contribution in [2.75, 3.05) is 0 Å². The third-order valence-electron chi connectivity index (χ3n) is 2.95. The third kappa shape index (κ3) is 2.65. The molecule has 0 N–H and O–H groups in total. The molecule has 0 saturated heterocycles. The fourth-order valence-electron chi connectivity index (χ4n) is 1.98. The van der Waals surface area contributed by atoms with Crippen LogP contribution in [0.15, 0.2) is 50.7 Å². The normalized spacial score (nSPS) is 11.0. The van der Waals surface area contributed by atoms with E-state index < -0.39 is 0 Å². The smallest absolute Gasteiger partial charge is 0.198 e. The van der Waals surface area contributed by atoms with E-state index >= 15 is 0 Å². The number of para-hydroxylation sites is 1. The number of rotatable bonds is 4. The Hall–Kier alpha value is -1.39. The SMILES string of the molecule is O=C(CCc1cccs1)c1cc2cccc(Br)c2o1. The number of ketones is 1. The topological polar surface area (TPSA) is 30.2 Å². The van der Waals surface area contributed by atoms with Gasteiger partial charge in [0.25, 0.3) is 0 Å². The quantitative estimate of drug-likeness (QED) is 0.623. The summed E-state index contributed by atoms with van der Waals surface area (Å²) in [6.45, 7) is 0. The van der Waals surface area contributed by atoms with Crippen LogP contribution in [0.1, 0.15) is 21.9 Å². The molecule has 19 heavy (non-hydrogen) atoms. The minimum Gasteiger partial charge on any atom is -0.452 e. The van der Waals surface area contributed by atoms with Crippen molar-refractivity contribution >= 4 is 44.0 Å². The molecule has 0 saturated carbocycles. The average Bonchev–Trinajstić information content (AvgIpc) is 3.05. The van der Waals surface area contributed by atoms with Crippen LogP contribution in [-0.2, 0) is 6.42 Å². The summed E-state index contributed by atoms with van der Waals surface area (Å²) in [6.07, 6.45) is 1.26. The van der Waals surface area contributed by atoms with Crippen LogP contribution in [-0.4, -0.2) is 5.78 Å². The Kier molecular flexibility index (Phi) is 3.53. The van der Waals surface area contributed by atoms with Crippen LogP contribution < -0.4 is 0 Å². The summed E-state index contributed by atoms with van der Waals surface area (Å²) in [4.78, 5) is 13.3. The van der Waals surface area contributed by atoms with Gasteiger partial charge in [-0.3, -0.25) is 4.79 Å². The van der Waals surface area contributed by atoms with E-state index in [1.807, 2.05) is 41.8 Å². The van der Waals surface area contributed by atoms with E-state index in [1.165, 1.54) is 4.88 Å². The lowest BCUT2D eigenvalue weighted by molar-refractivity contribution is 0.0958. The Morgan fingerprint density at radius 2 is 2.16 bits per heavy atom. The molecule has 2 nitrogen and oxygen atoms in total. The van der Waals surface area contributed by atoms with Crippen LogP contribution >= 0.6 is 27.3 Å². The van der Waals surface area contributed by atoms with E-state index in [9.17, 15) is 4.79 Å². The second-order valence-electron chi connectivity index (χ2n) is 4.27. The van der Waals surface area contributed by atoms with Gasteiger partial charge in [0.1, 0.15) is 5.58 Å². The lowest BCUT2D eigenvalue weighted by Crippen LogP contribution is -1.98. The monoisotopic (exact) mass is 334 g/mol. The first-order valence-corrected chi connectivity index (χ1v) is 7.65. The molecule has 4 heteroatoms. The zero-order valence-corrected chi connectivity index (χ0v) is 12.5. The van der Waals surface area contributed by atoms with Gasteiger partial charge < -0.3 is 4.42 Å². The van der Waals surface area contributed by atoms with Gasteiger partial charge in [-0.15, -0.1) is 11.3 Å². The summed E-state index contributed by atoms with van der Waals surface area (Å²) in [5.41, 5.74) is 0.738. The van der Waals surface area contributed by atoms with Crippen LogP contribution in [0.4, 0.5) is 0 Å². The van der Waals surface area contributed by atoms with Crippen LogP contribution in [0.5, 0.6) is 0 Å². The molecule has 0 aliphatic heterocycles. The highest BCUT2D eigenvalue weighted by Crippen LogP contribution is 2.27. The van der Waals surface area contributed by atoms with Gasteiger partial charge in [0, 0.05) is 16.7 Å². The number of furan rings is 1. The third-order valence-corrected chi connectivity index (χ3v) is 4.51. The molecule has 2 aromatic heterocycles. The highest BCUT2D eigenvalue weighted by atomic mass is 79.9. The van der Waals surface area contributed by atoms with Crippen molar-refractivity contribution < 1.29 is 9.21 Å². The Labute approximate surface area is 123 Å². The summed E-state index contributed by atoms with van der Waals surface area (Å²) in [5.74, 6) is 0.495. The van der Waals surface area contributed by atoms with Gasteiger partial charge in [0.15, 0.2) is 11.5 Å². The molecular formula is C15H11BrO2S. The van der Waals surface area contributed by atoms with E-state index in [2.05, 4.69) is 15.9 Å². The van der Waals surface area contributed by atoms with Crippen LogP contribution in [0.2, 0.25) is 0 Å². The number of carbonyl (C=O) groups excluding carboxylic acids is 1. The largest absolute Gasteiger partial charge is 0.452 e. The second kappa shape index (κ2) is 5.31. The summed E-state index contributed by atoms with van der Waals surface area (Å²) < 4.78 is 6.51. The number of thiophene rings is 1. The Morgan fingerprint density at radius 3 is 2.89 bits per heavy atom. The molecule has 3 aromatic rings. The van der Waals surface area contributed by atoms with Gasteiger partial charge >= 0.3 is 0 Å². The highest BCUT2D eigenvalue weighted by Gasteiger charge is 2.13. The Morgan fingerprint density at radius 1 is 1.26 bits per heavy atom. The maximum absolute atomic E-state index is 12.1. The van der Waals surface area contributed by atoms with Crippen LogP contribution in [0.3, 0.4) is 0 Å². The number of hydrogen-bond donors (Lipinski definition) is 0. The van der Waals surface area contributed by atoms with Crippen LogP contribution in [0, 0.1) is 0 Å². The first kappa shape index (κ1) is 12.6. The van der Waals surface area contributed by atoms with Crippen LogP contribution in [0.25, 0.3) is 11.0 Å². The van der Waals surface area contributed by atoms with E-state index in [0.29, 0.717) is 12.2 Å². The first-order valence-electron chi connectivity index (χ1n) is 5.97. The number of fused-ring (bicyclic) bond motifs is 1. The van der Waals surface area contributed by atoms with Crippen molar-refractivity contribution in [3.05, 3.63) is 56.9 Å². The molecule has 0 unspecified atom stereocenters. The fraction of sp³-hybridized carbons (Fsp3) is 0.133. The van der Waals surface area contributed by atoms with E-state index in [4.69, 9.17) is 4.42 Å². The second-order valence-corrected chi connectivity index (χ2v) is 6.16. The van der Waals surface area contributed by atoms with Crippen molar-refractivity contribution in [3.8, 4) is 0 Å². The maximum Gasteiger partial charge on any atom is 0.198 e. The molecule has 0 fully saturated rings. The molecular weight excluding hydrogens is 324 g/mol. The molecule has 0 amide bonds. The number of halogens is 1. The number of hydrogen-bond acceptors (Lipinski definition) is 3. The number of aryl methyl sites for hydroxylation is 1. The van der Waals surface area contributed by atoms with E-state index in [-0.39, 0.29) is 5.78 Å². The molecule has 3 rings (SSSR count). The van der Waals surface area contributed by atoms with Gasteiger partial charge in [-0.05, 0) is 45.9 Å². The molecule has 0 spiro atoms. The molecule has 0 aliphatic carbocycles. The summed E-state index contributed by atoms with van der Waals surface area (Å²) in [5, 5.41) is 2.98. The van der Waals surface area contributed by atoms with Gasteiger partial charge in [0.05, 0.1) is 4.47 Å². The number of Topliss-reactive ketones (excluding diaryl/α,β-unsaturated/α-hetero) is 1. The van der Waals surface area contributed by atoms with Crippen molar-refractivity contribution in [1.29, 1.82) is 0 Å². The minimum absolute atomic E-state index is 0.0523. The Bertz CT molecular complexity index is 713. The predicted molar refractivity (Wildman–Crippen MR) is 80.9 cm³/mol. The summed E-state index contributed by atoms with van der Waals surface area (Å²) in [7, 11) is 0. The molecule has 1 aromatic carbocycles. The average molecular weight is 335 g/mol. The van der Waals surface area contributed by atoms with E-state index in [0.717, 1.165) is 21.9 Å². The molecule has 0 aliphatic rings. The van der Waals surface area contributed by atoms with Gasteiger partial charge in [0.2, 0.25) is 0 Å². The lowest BCUT2D eigenvalue weighted by Gasteiger charge is -1.95. The fourth-order valence-corrected chi connectivity index (χ4v) is 3.15. The molecule has 0 radical (unpaired) electrons. The van der Waals surface area contributed by atoms with Gasteiger partial charge in [-0.1, -0.05) is 18.2 Å². The standard InChI is InChI=1S/C15H11BrO2S/c16-12-5-1-3-10-9-14(18-15(10)12)13(17)7-6-11-4-2-8-19-11/h1-5,8-9H,6-7H2. The van der Waals surface area contributed by atoms with Gasteiger partial charge in [-0.2, -0.15) is 0 Å². The molecule has 2 heterocycles. The zero-order valence-electron chi connectivity index (χ0n) is 10.1. The number of carbonyl (C=O) groups is 1. The van der Waals surface area contributed by atoms with Crippen molar-refractivity contribution in [2.45, 2.75) is 12.8 Å².